The van der Waals surface area contributed by atoms with Crippen molar-refractivity contribution in [1.82, 2.24) is 31.5 Å². The number of rotatable bonds is 6. The van der Waals surface area contributed by atoms with Crippen molar-refractivity contribution in [2.24, 2.45) is 5.92 Å². The largest absolute Gasteiger partial charge is 0.355 e. The number of nitrogens with one attached hydrogen (secondary N) is 5. The van der Waals surface area contributed by atoms with E-state index in [1.54, 1.807) is 19.9 Å². The molecule has 0 bridgehead atoms. The Balaban J connectivity index is 1.81. The van der Waals surface area contributed by atoms with Crippen LogP contribution in [0.4, 0.5) is 0 Å². The van der Waals surface area contributed by atoms with Crippen molar-refractivity contribution < 1.29 is 28.8 Å². The molecule has 12 nitrogen and oxygen atoms in total. The molecule has 2 aromatic carbocycles. The third-order valence-corrected chi connectivity index (χ3v) is 7.50. The van der Waals surface area contributed by atoms with Crippen molar-refractivity contribution in [2.45, 2.75) is 64.2 Å². The third-order valence-electron chi connectivity index (χ3n) is 7.50. The second kappa shape index (κ2) is 17.5. The molecule has 246 valence electrons. The second-order valence-electron chi connectivity index (χ2n) is 11.7. The van der Waals surface area contributed by atoms with E-state index >= 15 is 0 Å². The lowest BCUT2D eigenvalue weighted by atomic mass is 10.0. The maximum Gasteiger partial charge on any atom is 0.245 e. The molecule has 12 heteroatoms. The molecule has 1 fully saturated rings. The van der Waals surface area contributed by atoms with Crippen molar-refractivity contribution in [1.29, 1.82) is 0 Å². The van der Waals surface area contributed by atoms with Gasteiger partial charge < -0.3 is 31.5 Å². The molecule has 46 heavy (non-hydrogen) atoms. The Morgan fingerprint density at radius 3 is 2.22 bits per heavy atom. The monoisotopic (exact) mass is 632 g/mol. The van der Waals surface area contributed by atoms with Crippen LogP contribution in [0, 0.1) is 5.92 Å². The maximum atomic E-state index is 13.4. The van der Waals surface area contributed by atoms with Gasteiger partial charge in [0.25, 0.3) is 0 Å². The van der Waals surface area contributed by atoms with Crippen LogP contribution in [0.5, 0.6) is 0 Å². The number of hydrogen-bond acceptors (Lipinski definition) is 6. The number of nitrogens with zero attached hydrogens (tertiary/aromatic N) is 1. The molecule has 1 aliphatic rings. The summed E-state index contributed by atoms with van der Waals surface area (Å²) in [5, 5.41) is 13.5. The lowest BCUT2D eigenvalue weighted by Gasteiger charge is -2.28. The first-order valence-corrected chi connectivity index (χ1v) is 15.4. The lowest BCUT2D eigenvalue weighted by molar-refractivity contribution is -0.139. The summed E-state index contributed by atoms with van der Waals surface area (Å²) < 4.78 is 0. The number of carbonyl (C=O) groups excluding carboxylic acids is 6. The molecule has 5 N–H and O–H groups in total. The van der Waals surface area contributed by atoms with E-state index in [2.05, 4.69) is 26.6 Å². The Labute approximate surface area is 269 Å². The van der Waals surface area contributed by atoms with Crippen LogP contribution in [-0.4, -0.2) is 84.6 Å². The number of carbonyl (C=O) groups is 6. The van der Waals surface area contributed by atoms with Crippen molar-refractivity contribution in [3.63, 3.8) is 0 Å². The van der Waals surface area contributed by atoms with Crippen molar-refractivity contribution >= 4 is 41.5 Å². The summed E-state index contributed by atoms with van der Waals surface area (Å²) in [5.74, 6) is -3.52. The Bertz CT molecular complexity index is 1400. The van der Waals surface area contributed by atoms with Crippen LogP contribution in [0.25, 0.3) is 6.08 Å². The molecule has 0 radical (unpaired) electrons. The van der Waals surface area contributed by atoms with Crippen LogP contribution < -0.4 is 26.6 Å². The lowest BCUT2D eigenvalue weighted by Crippen LogP contribution is -2.59. The molecule has 0 spiro atoms. The van der Waals surface area contributed by atoms with Crippen molar-refractivity contribution in [2.75, 3.05) is 20.1 Å². The minimum absolute atomic E-state index is 0.163. The highest BCUT2D eigenvalue weighted by molar-refractivity contribution is 5.98. The van der Waals surface area contributed by atoms with Gasteiger partial charge in [0.2, 0.25) is 35.4 Å². The number of likely N-dealkylation sites (N-methyl/N-ethyl adjacent to an activating group) is 1. The summed E-state index contributed by atoms with van der Waals surface area (Å²) in [7, 11) is 1.47. The average molecular weight is 633 g/mol. The van der Waals surface area contributed by atoms with Gasteiger partial charge in [-0.1, -0.05) is 74.5 Å². The van der Waals surface area contributed by atoms with Gasteiger partial charge in [0.1, 0.15) is 24.2 Å². The fourth-order valence-corrected chi connectivity index (χ4v) is 4.88. The van der Waals surface area contributed by atoms with Gasteiger partial charge in [-0.2, -0.15) is 0 Å². The maximum absolute atomic E-state index is 13.4. The molecule has 6 amide bonds. The van der Waals surface area contributed by atoms with Crippen LogP contribution in [-0.2, 0) is 35.2 Å². The van der Waals surface area contributed by atoms with Crippen molar-refractivity contribution in [3.8, 4) is 0 Å². The molecule has 3 rings (SSSR count). The summed E-state index contributed by atoms with van der Waals surface area (Å²) >= 11 is 0. The van der Waals surface area contributed by atoms with Crippen LogP contribution in [0.2, 0.25) is 0 Å². The SMILES string of the molecule is CC(C)[C@H]1NC(=O)[C@@H](NC(=O)C=Cc2ccccc2)CCCNC(=O)CN(C)C(=O)[C@H](Cc2ccccc2)NC(=O)[C@@H](C)NC1=O. The minimum atomic E-state index is -1.05. The predicted molar refractivity (Wildman–Crippen MR) is 174 cm³/mol. The molecule has 1 aliphatic heterocycles. The molecule has 0 aliphatic carbocycles. The normalized spacial score (nSPS) is 22.7. The van der Waals surface area contributed by atoms with Crippen LogP contribution in [0.15, 0.2) is 66.7 Å². The fraction of sp³-hybridized carbons (Fsp3) is 0.412. The van der Waals surface area contributed by atoms with Crippen LogP contribution in [0.1, 0.15) is 44.7 Å². The molecule has 1 heterocycles. The first-order valence-electron chi connectivity index (χ1n) is 15.4. The van der Waals surface area contributed by atoms with Gasteiger partial charge in [0.05, 0.1) is 6.54 Å². The van der Waals surface area contributed by atoms with E-state index in [1.807, 2.05) is 60.7 Å². The van der Waals surface area contributed by atoms with E-state index in [9.17, 15) is 28.8 Å². The zero-order valence-corrected chi connectivity index (χ0v) is 26.7. The summed E-state index contributed by atoms with van der Waals surface area (Å²) in [4.78, 5) is 80.2. The molecule has 4 atom stereocenters. The van der Waals surface area contributed by atoms with E-state index in [0.717, 1.165) is 11.1 Å². The highest BCUT2D eigenvalue weighted by Gasteiger charge is 2.32. The minimum Gasteiger partial charge on any atom is -0.355 e. The van der Waals surface area contributed by atoms with Gasteiger partial charge in [0.15, 0.2) is 0 Å². The quantitative estimate of drug-likeness (QED) is 0.297. The van der Waals surface area contributed by atoms with E-state index in [0.29, 0.717) is 6.42 Å². The Kier molecular flexibility index (Phi) is 13.5. The van der Waals surface area contributed by atoms with E-state index in [4.69, 9.17) is 0 Å². The van der Waals surface area contributed by atoms with Gasteiger partial charge in [-0.05, 0) is 42.9 Å². The van der Waals surface area contributed by atoms with E-state index in [1.165, 1.54) is 24.9 Å². The topological polar surface area (TPSA) is 166 Å². The average Bonchev–Trinajstić information content (AvgIpc) is 3.03. The summed E-state index contributed by atoms with van der Waals surface area (Å²) in [6.07, 6.45) is 3.60. The smallest absolute Gasteiger partial charge is 0.245 e. The van der Waals surface area contributed by atoms with Gasteiger partial charge >= 0.3 is 0 Å². The first kappa shape index (κ1) is 35.5. The third kappa shape index (κ3) is 11.2. The zero-order valence-electron chi connectivity index (χ0n) is 26.7. The van der Waals surface area contributed by atoms with Crippen LogP contribution in [0.3, 0.4) is 0 Å². The Hall–Kier alpha value is -5.00. The fourth-order valence-electron chi connectivity index (χ4n) is 4.88. The highest BCUT2D eigenvalue weighted by atomic mass is 16.2. The molecular weight excluding hydrogens is 588 g/mol. The number of amides is 6. The van der Waals surface area contributed by atoms with Gasteiger partial charge in [-0.15, -0.1) is 0 Å². The summed E-state index contributed by atoms with van der Waals surface area (Å²) in [5.41, 5.74) is 1.61. The predicted octanol–water partition coefficient (Wildman–Crippen LogP) is 0.926. The first-order chi connectivity index (χ1) is 21.9. The van der Waals surface area contributed by atoms with Gasteiger partial charge in [0, 0.05) is 26.1 Å². The zero-order chi connectivity index (χ0) is 33.6. The molecule has 0 unspecified atom stereocenters. The van der Waals surface area contributed by atoms with Gasteiger partial charge in [-0.25, -0.2) is 0 Å². The Morgan fingerprint density at radius 1 is 0.913 bits per heavy atom. The standard InChI is InChI=1S/C34H44N6O6/c1-22(2)30-33(45)36-23(3)31(43)38-27(20-25-14-9-6-10-15-25)34(46)40(4)21-29(42)35-19-11-16-26(32(44)39-30)37-28(41)18-17-24-12-7-5-8-13-24/h5-10,12-15,17-18,22-23,26-27,30H,11,16,19-21H2,1-4H3,(H,35,42)(H,36,45)(H,37,41)(H,38,43)(H,39,44)/t23-,26+,27+,30-/m1/s1. The summed E-state index contributed by atoms with van der Waals surface area (Å²) in [6.45, 7) is 4.90. The number of benzene rings is 2. The van der Waals surface area contributed by atoms with E-state index < -0.39 is 59.6 Å². The molecular formula is C34H44N6O6. The molecule has 2 aromatic rings. The molecule has 0 aromatic heterocycles. The summed E-state index contributed by atoms with van der Waals surface area (Å²) in [6, 6.07) is 14.2. The Morgan fingerprint density at radius 2 is 1.57 bits per heavy atom. The van der Waals surface area contributed by atoms with Gasteiger partial charge in [-0.3, -0.25) is 28.8 Å². The highest BCUT2D eigenvalue weighted by Crippen LogP contribution is 2.09. The molecule has 1 saturated heterocycles. The second-order valence-corrected chi connectivity index (χ2v) is 11.7. The molecule has 0 saturated carbocycles. The number of hydrogen-bond donors (Lipinski definition) is 5. The van der Waals surface area contributed by atoms with E-state index in [-0.39, 0.29) is 31.8 Å². The van der Waals surface area contributed by atoms with Crippen molar-refractivity contribution in [3.05, 3.63) is 77.9 Å². The van der Waals surface area contributed by atoms with Crippen LogP contribution >= 0.6 is 0 Å².